The van der Waals surface area contributed by atoms with Crippen LogP contribution in [0.1, 0.15) is 5.56 Å². The van der Waals surface area contributed by atoms with Gasteiger partial charge in [-0.05, 0) is 17.7 Å². The zero-order valence-corrected chi connectivity index (χ0v) is 10.8. The molecule has 1 aromatic rings. The molecule has 0 bridgehead atoms. The van der Waals surface area contributed by atoms with Gasteiger partial charge in [0.25, 0.3) is 0 Å². The molecule has 0 aliphatic carbocycles. The van der Waals surface area contributed by atoms with E-state index < -0.39 is 17.4 Å². The van der Waals surface area contributed by atoms with Crippen molar-refractivity contribution in [3.05, 3.63) is 29.3 Å². The van der Waals surface area contributed by atoms with E-state index in [9.17, 15) is 13.6 Å². The molecule has 106 valence electrons. The molecule has 0 spiro atoms. The number of phenolic OH excluding ortho intramolecular Hbond substituents is 1. The Morgan fingerprint density at radius 1 is 1.26 bits per heavy atom. The van der Waals surface area contributed by atoms with Gasteiger partial charge in [0, 0.05) is 33.7 Å². The lowest BCUT2D eigenvalue weighted by Crippen LogP contribution is -2.38. The number of phenols is 1. The van der Waals surface area contributed by atoms with Gasteiger partial charge in [-0.25, -0.2) is 13.6 Å². The number of nitrogens with one attached hydrogen (secondary N) is 2. The van der Waals surface area contributed by atoms with Crippen LogP contribution in [0.25, 0.3) is 0 Å². The molecular formula is C12H17F2N3O2. The third-order valence-corrected chi connectivity index (χ3v) is 2.39. The molecule has 0 radical (unpaired) electrons. The molecule has 7 heteroatoms. The number of amides is 2. The summed E-state index contributed by atoms with van der Waals surface area (Å²) in [5.74, 6) is -2.95. The molecule has 0 saturated heterocycles. The molecule has 0 atom stereocenters. The fourth-order valence-electron chi connectivity index (χ4n) is 1.37. The van der Waals surface area contributed by atoms with E-state index in [4.69, 9.17) is 5.11 Å². The van der Waals surface area contributed by atoms with Crippen molar-refractivity contribution in [2.45, 2.75) is 6.54 Å². The third kappa shape index (κ3) is 4.70. The third-order valence-electron chi connectivity index (χ3n) is 2.39. The lowest BCUT2D eigenvalue weighted by atomic mass is 10.2. The summed E-state index contributed by atoms with van der Waals surface area (Å²) in [5.41, 5.74) is 0.381. The molecule has 0 unspecified atom stereocenters. The van der Waals surface area contributed by atoms with Crippen molar-refractivity contribution in [3.63, 3.8) is 0 Å². The number of aromatic hydroxyl groups is 1. The lowest BCUT2D eigenvalue weighted by Gasteiger charge is -2.12. The van der Waals surface area contributed by atoms with Crippen molar-refractivity contribution in [2.75, 3.05) is 27.2 Å². The Morgan fingerprint density at radius 3 is 2.37 bits per heavy atom. The van der Waals surface area contributed by atoms with Crippen LogP contribution in [0.2, 0.25) is 0 Å². The summed E-state index contributed by atoms with van der Waals surface area (Å²) in [6.07, 6.45) is 0. The van der Waals surface area contributed by atoms with E-state index >= 15 is 0 Å². The quantitative estimate of drug-likeness (QED) is 0.702. The largest absolute Gasteiger partial charge is 0.503 e. The van der Waals surface area contributed by atoms with Crippen LogP contribution in [-0.2, 0) is 6.54 Å². The molecule has 0 heterocycles. The monoisotopic (exact) mass is 273 g/mol. The predicted molar refractivity (Wildman–Crippen MR) is 66.8 cm³/mol. The van der Waals surface area contributed by atoms with Crippen molar-refractivity contribution in [2.24, 2.45) is 0 Å². The maximum absolute atomic E-state index is 13.0. The van der Waals surface area contributed by atoms with Crippen LogP contribution in [-0.4, -0.2) is 43.2 Å². The maximum atomic E-state index is 13.0. The van der Waals surface area contributed by atoms with Crippen LogP contribution in [0.5, 0.6) is 5.75 Å². The first-order chi connectivity index (χ1) is 8.91. The summed E-state index contributed by atoms with van der Waals surface area (Å²) in [5, 5.41) is 14.5. The number of urea groups is 1. The molecule has 0 saturated carbocycles. The summed E-state index contributed by atoms with van der Waals surface area (Å²) < 4.78 is 26.1. The average molecular weight is 273 g/mol. The molecule has 3 N–H and O–H groups in total. The second kappa shape index (κ2) is 6.89. The van der Waals surface area contributed by atoms with Crippen molar-refractivity contribution in [1.29, 1.82) is 0 Å². The van der Waals surface area contributed by atoms with Crippen LogP contribution in [0.3, 0.4) is 0 Å². The van der Waals surface area contributed by atoms with Gasteiger partial charge in [-0.2, -0.15) is 0 Å². The topological polar surface area (TPSA) is 64.6 Å². The number of carbonyl (C=O) groups excluding carboxylic acids is 1. The molecule has 0 aliphatic rings. The van der Waals surface area contributed by atoms with Gasteiger partial charge in [-0.3, -0.25) is 0 Å². The lowest BCUT2D eigenvalue weighted by molar-refractivity contribution is 0.217. The highest BCUT2D eigenvalue weighted by Gasteiger charge is 2.09. The van der Waals surface area contributed by atoms with E-state index in [1.165, 1.54) is 4.90 Å². The van der Waals surface area contributed by atoms with Crippen molar-refractivity contribution in [1.82, 2.24) is 15.5 Å². The van der Waals surface area contributed by atoms with Crippen molar-refractivity contribution < 1.29 is 18.7 Å². The Balaban J connectivity index is 2.32. The van der Waals surface area contributed by atoms with E-state index in [-0.39, 0.29) is 12.6 Å². The van der Waals surface area contributed by atoms with Crippen molar-refractivity contribution in [3.8, 4) is 5.75 Å². The van der Waals surface area contributed by atoms with E-state index in [0.29, 0.717) is 18.7 Å². The van der Waals surface area contributed by atoms with Gasteiger partial charge in [-0.1, -0.05) is 0 Å². The molecule has 1 aromatic carbocycles. The first kappa shape index (κ1) is 15.2. The van der Waals surface area contributed by atoms with E-state index in [1.54, 1.807) is 14.1 Å². The fraction of sp³-hybridized carbons (Fsp3) is 0.417. The molecule has 1 rings (SSSR count). The Labute approximate surface area is 110 Å². The van der Waals surface area contributed by atoms with Crippen LogP contribution in [0.15, 0.2) is 12.1 Å². The first-order valence-electron chi connectivity index (χ1n) is 5.74. The fourth-order valence-corrected chi connectivity index (χ4v) is 1.37. The number of hydrogen-bond acceptors (Lipinski definition) is 3. The zero-order chi connectivity index (χ0) is 14.4. The molecule has 0 aromatic heterocycles. The standard InChI is InChI=1S/C12H17F2N3O2/c1-17(2)12(19)16-4-3-15-7-8-5-9(13)11(18)10(14)6-8/h5-6,15,18H,3-4,7H2,1-2H3,(H,16,19). The second-order valence-corrected chi connectivity index (χ2v) is 4.21. The first-order valence-corrected chi connectivity index (χ1v) is 5.74. The van der Waals surface area contributed by atoms with Gasteiger partial charge in [0.15, 0.2) is 17.4 Å². The zero-order valence-electron chi connectivity index (χ0n) is 10.8. The smallest absolute Gasteiger partial charge is 0.316 e. The summed E-state index contributed by atoms with van der Waals surface area (Å²) in [4.78, 5) is 12.6. The molecular weight excluding hydrogens is 256 g/mol. The van der Waals surface area contributed by atoms with Crippen LogP contribution in [0, 0.1) is 11.6 Å². The summed E-state index contributed by atoms with van der Waals surface area (Å²) in [7, 11) is 3.26. The van der Waals surface area contributed by atoms with E-state index in [2.05, 4.69) is 10.6 Å². The van der Waals surface area contributed by atoms with Crippen molar-refractivity contribution >= 4 is 6.03 Å². The number of hydrogen-bond donors (Lipinski definition) is 3. The highest BCUT2D eigenvalue weighted by atomic mass is 19.1. The Bertz CT molecular complexity index is 430. The number of halogens is 2. The van der Waals surface area contributed by atoms with Gasteiger partial charge in [0.05, 0.1) is 0 Å². The Hall–Kier alpha value is -1.89. The molecule has 2 amide bonds. The highest BCUT2D eigenvalue weighted by Crippen LogP contribution is 2.21. The summed E-state index contributed by atoms with van der Waals surface area (Å²) >= 11 is 0. The van der Waals surface area contributed by atoms with Crippen LogP contribution >= 0.6 is 0 Å². The predicted octanol–water partition coefficient (Wildman–Crippen LogP) is 1.03. The average Bonchev–Trinajstić information content (AvgIpc) is 2.34. The highest BCUT2D eigenvalue weighted by molar-refractivity contribution is 5.73. The van der Waals surface area contributed by atoms with Gasteiger partial charge < -0.3 is 20.6 Å². The Morgan fingerprint density at radius 2 is 1.84 bits per heavy atom. The van der Waals surface area contributed by atoms with Gasteiger partial charge in [0.2, 0.25) is 0 Å². The molecule has 0 aliphatic heterocycles. The second-order valence-electron chi connectivity index (χ2n) is 4.21. The maximum Gasteiger partial charge on any atom is 0.316 e. The van der Waals surface area contributed by atoms with Gasteiger partial charge in [-0.15, -0.1) is 0 Å². The Kier molecular flexibility index (Phi) is 5.50. The van der Waals surface area contributed by atoms with Gasteiger partial charge in [0.1, 0.15) is 0 Å². The number of nitrogens with zero attached hydrogens (tertiary/aromatic N) is 1. The minimum Gasteiger partial charge on any atom is -0.503 e. The van der Waals surface area contributed by atoms with Crippen LogP contribution in [0.4, 0.5) is 13.6 Å². The van der Waals surface area contributed by atoms with Gasteiger partial charge >= 0.3 is 6.03 Å². The minimum absolute atomic E-state index is 0.205. The van der Waals surface area contributed by atoms with E-state index in [1.807, 2.05) is 0 Å². The summed E-state index contributed by atoms with van der Waals surface area (Å²) in [6.45, 7) is 1.11. The van der Waals surface area contributed by atoms with E-state index in [0.717, 1.165) is 12.1 Å². The molecule has 19 heavy (non-hydrogen) atoms. The number of carbonyl (C=O) groups is 1. The number of benzene rings is 1. The normalized spacial score (nSPS) is 10.3. The SMILES string of the molecule is CN(C)C(=O)NCCNCc1cc(F)c(O)c(F)c1. The number of rotatable bonds is 5. The summed E-state index contributed by atoms with van der Waals surface area (Å²) in [6, 6.07) is 1.91. The molecule has 5 nitrogen and oxygen atoms in total. The molecule has 0 fully saturated rings. The van der Waals surface area contributed by atoms with Crippen LogP contribution < -0.4 is 10.6 Å². The minimum atomic E-state index is -0.988.